The van der Waals surface area contributed by atoms with E-state index in [9.17, 15) is 16.8 Å². The number of piperidine rings is 1. The predicted octanol–water partition coefficient (Wildman–Crippen LogP) is 0.645. The van der Waals surface area contributed by atoms with Crippen molar-refractivity contribution in [2.75, 3.05) is 33.0 Å². The van der Waals surface area contributed by atoms with Gasteiger partial charge in [-0.3, -0.25) is 0 Å². The van der Waals surface area contributed by atoms with Gasteiger partial charge >= 0.3 is 0 Å². The standard InChI is InChI=1S/C14H22N2O5S2/c1-21-13-4-3-5-14(10-13)23(19,20)15-11-12-6-8-16(9-7-12)22(2,17)18/h3-5,10,12,15H,6-9,11H2,1-2H3. The van der Waals surface area contributed by atoms with Crippen LogP contribution in [0.15, 0.2) is 29.2 Å². The predicted molar refractivity (Wildman–Crippen MR) is 87.3 cm³/mol. The highest BCUT2D eigenvalue weighted by Gasteiger charge is 2.26. The maximum Gasteiger partial charge on any atom is 0.240 e. The van der Waals surface area contributed by atoms with Gasteiger partial charge in [-0.25, -0.2) is 25.9 Å². The van der Waals surface area contributed by atoms with Gasteiger partial charge in [0.2, 0.25) is 20.0 Å². The van der Waals surface area contributed by atoms with E-state index in [1.165, 1.54) is 29.8 Å². The monoisotopic (exact) mass is 362 g/mol. The molecule has 0 saturated carbocycles. The minimum Gasteiger partial charge on any atom is -0.497 e. The molecule has 0 aliphatic carbocycles. The maximum atomic E-state index is 12.3. The van der Waals surface area contributed by atoms with Crippen LogP contribution in [0.4, 0.5) is 0 Å². The summed E-state index contributed by atoms with van der Waals surface area (Å²) in [5, 5.41) is 0. The summed E-state index contributed by atoms with van der Waals surface area (Å²) in [6, 6.07) is 6.28. The first-order chi connectivity index (χ1) is 10.7. The second kappa shape index (κ2) is 7.16. The van der Waals surface area contributed by atoms with Gasteiger partial charge in [0.15, 0.2) is 0 Å². The van der Waals surface area contributed by atoms with Crippen molar-refractivity contribution in [1.29, 1.82) is 0 Å². The van der Waals surface area contributed by atoms with Crippen LogP contribution in [0.1, 0.15) is 12.8 Å². The fourth-order valence-electron chi connectivity index (χ4n) is 2.52. The van der Waals surface area contributed by atoms with Gasteiger partial charge < -0.3 is 4.74 Å². The molecule has 23 heavy (non-hydrogen) atoms. The Morgan fingerprint density at radius 3 is 2.43 bits per heavy atom. The van der Waals surface area contributed by atoms with Crippen molar-refractivity contribution >= 4 is 20.0 Å². The van der Waals surface area contributed by atoms with Crippen molar-refractivity contribution in [3.05, 3.63) is 24.3 Å². The maximum absolute atomic E-state index is 12.3. The van der Waals surface area contributed by atoms with Crippen LogP contribution in [0.3, 0.4) is 0 Å². The molecule has 2 rings (SSSR count). The van der Waals surface area contributed by atoms with E-state index in [0.29, 0.717) is 38.2 Å². The molecule has 1 heterocycles. The summed E-state index contributed by atoms with van der Waals surface area (Å²) in [6.07, 6.45) is 2.49. The lowest BCUT2D eigenvalue weighted by Gasteiger charge is -2.30. The van der Waals surface area contributed by atoms with Crippen LogP contribution in [0.2, 0.25) is 0 Å². The molecule has 0 unspecified atom stereocenters. The number of sulfonamides is 2. The summed E-state index contributed by atoms with van der Waals surface area (Å²) >= 11 is 0. The number of nitrogens with one attached hydrogen (secondary N) is 1. The molecule has 0 spiro atoms. The fraction of sp³-hybridized carbons (Fsp3) is 0.571. The van der Waals surface area contributed by atoms with Crippen molar-refractivity contribution in [3.63, 3.8) is 0 Å². The molecule has 0 radical (unpaired) electrons. The van der Waals surface area contributed by atoms with Gasteiger partial charge in [-0.05, 0) is 30.9 Å². The Kier molecular flexibility index (Phi) is 5.66. The van der Waals surface area contributed by atoms with E-state index in [-0.39, 0.29) is 10.8 Å². The van der Waals surface area contributed by atoms with Crippen molar-refractivity contribution in [2.24, 2.45) is 5.92 Å². The smallest absolute Gasteiger partial charge is 0.240 e. The molecule has 1 aromatic rings. The van der Waals surface area contributed by atoms with E-state index < -0.39 is 20.0 Å². The molecule has 0 aromatic heterocycles. The molecule has 0 bridgehead atoms. The van der Waals surface area contributed by atoms with E-state index >= 15 is 0 Å². The van der Waals surface area contributed by atoms with Crippen molar-refractivity contribution in [2.45, 2.75) is 17.7 Å². The summed E-state index contributed by atoms with van der Waals surface area (Å²) in [6.45, 7) is 1.17. The first-order valence-electron chi connectivity index (χ1n) is 7.31. The normalized spacial score (nSPS) is 18.0. The zero-order valence-electron chi connectivity index (χ0n) is 13.2. The van der Waals surface area contributed by atoms with Gasteiger partial charge in [-0.2, -0.15) is 0 Å². The Hall–Kier alpha value is -1.16. The average Bonchev–Trinajstić information content (AvgIpc) is 2.52. The highest BCUT2D eigenvalue weighted by Crippen LogP contribution is 2.20. The number of hydrogen-bond donors (Lipinski definition) is 1. The number of methoxy groups -OCH3 is 1. The second-order valence-electron chi connectivity index (χ2n) is 5.64. The van der Waals surface area contributed by atoms with Crippen LogP contribution in [0.25, 0.3) is 0 Å². The van der Waals surface area contributed by atoms with Crippen LogP contribution in [0, 0.1) is 5.92 Å². The SMILES string of the molecule is COc1cccc(S(=O)(=O)NCC2CCN(S(C)(=O)=O)CC2)c1. The third-order valence-corrected chi connectivity index (χ3v) is 6.68. The van der Waals surface area contributed by atoms with Gasteiger partial charge in [0.05, 0.1) is 18.3 Å². The van der Waals surface area contributed by atoms with Crippen LogP contribution >= 0.6 is 0 Å². The van der Waals surface area contributed by atoms with Crippen LogP contribution in [-0.4, -0.2) is 54.1 Å². The molecule has 7 nitrogen and oxygen atoms in total. The largest absolute Gasteiger partial charge is 0.497 e. The van der Waals surface area contributed by atoms with Crippen LogP contribution in [-0.2, 0) is 20.0 Å². The lowest BCUT2D eigenvalue weighted by Crippen LogP contribution is -2.41. The summed E-state index contributed by atoms with van der Waals surface area (Å²) in [4.78, 5) is 0.158. The minimum absolute atomic E-state index is 0.133. The first kappa shape index (κ1) is 18.2. The summed E-state index contributed by atoms with van der Waals surface area (Å²) in [5.41, 5.74) is 0. The average molecular weight is 362 g/mol. The van der Waals surface area contributed by atoms with Gasteiger partial charge in [0.25, 0.3) is 0 Å². The number of benzene rings is 1. The Morgan fingerprint density at radius 2 is 1.87 bits per heavy atom. The summed E-state index contributed by atoms with van der Waals surface area (Å²) in [7, 11) is -5.28. The molecule has 1 N–H and O–H groups in total. The number of nitrogens with zero attached hydrogens (tertiary/aromatic N) is 1. The van der Waals surface area contributed by atoms with Crippen molar-refractivity contribution < 1.29 is 21.6 Å². The molecule has 130 valence electrons. The molecule has 9 heteroatoms. The molecule has 1 aliphatic rings. The van der Waals surface area contributed by atoms with Crippen molar-refractivity contribution in [3.8, 4) is 5.75 Å². The number of hydrogen-bond acceptors (Lipinski definition) is 5. The Balaban J connectivity index is 1.93. The number of ether oxygens (including phenoxy) is 1. The lowest BCUT2D eigenvalue weighted by molar-refractivity contribution is 0.275. The molecule has 0 atom stereocenters. The molecule has 0 amide bonds. The minimum atomic E-state index is -3.60. The summed E-state index contributed by atoms with van der Waals surface area (Å²) in [5.74, 6) is 0.614. The van der Waals surface area contributed by atoms with E-state index in [0.717, 1.165) is 0 Å². The quantitative estimate of drug-likeness (QED) is 0.802. The van der Waals surface area contributed by atoms with E-state index in [1.54, 1.807) is 12.1 Å². The second-order valence-corrected chi connectivity index (χ2v) is 9.39. The molecule has 1 aromatic carbocycles. The molecule has 1 aliphatic heterocycles. The van der Waals surface area contributed by atoms with Gasteiger partial charge in [0, 0.05) is 25.7 Å². The zero-order valence-corrected chi connectivity index (χ0v) is 14.9. The third-order valence-electron chi connectivity index (χ3n) is 3.96. The molecular weight excluding hydrogens is 340 g/mol. The summed E-state index contributed by atoms with van der Waals surface area (Å²) < 4.78 is 56.6. The van der Waals surface area contributed by atoms with E-state index in [2.05, 4.69) is 4.72 Å². The Labute approximate surface area is 137 Å². The fourth-order valence-corrected chi connectivity index (χ4v) is 4.55. The number of rotatable bonds is 6. The highest BCUT2D eigenvalue weighted by atomic mass is 32.2. The molecule has 1 fully saturated rings. The molecule has 1 saturated heterocycles. The molecular formula is C14H22N2O5S2. The van der Waals surface area contributed by atoms with Crippen molar-refractivity contribution in [1.82, 2.24) is 9.03 Å². The lowest BCUT2D eigenvalue weighted by atomic mass is 9.99. The highest BCUT2D eigenvalue weighted by molar-refractivity contribution is 7.89. The van der Waals surface area contributed by atoms with Gasteiger partial charge in [0.1, 0.15) is 5.75 Å². The van der Waals surface area contributed by atoms with E-state index in [4.69, 9.17) is 4.74 Å². The van der Waals surface area contributed by atoms with Crippen LogP contribution < -0.4 is 9.46 Å². The first-order valence-corrected chi connectivity index (χ1v) is 10.6. The Morgan fingerprint density at radius 1 is 1.22 bits per heavy atom. The van der Waals surface area contributed by atoms with E-state index in [1.807, 2.05) is 0 Å². The Bertz CT molecular complexity index is 738. The van der Waals surface area contributed by atoms with Crippen LogP contribution in [0.5, 0.6) is 5.75 Å². The topological polar surface area (TPSA) is 92.8 Å². The third kappa shape index (κ3) is 4.90. The van der Waals surface area contributed by atoms with Gasteiger partial charge in [-0.15, -0.1) is 0 Å². The van der Waals surface area contributed by atoms with Gasteiger partial charge in [-0.1, -0.05) is 6.07 Å². The zero-order chi connectivity index (χ0) is 17.1.